The van der Waals surface area contributed by atoms with Crippen LogP contribution in [0.2, 0.25) is 0 Å². The Bertz CT molecular complexity index is 412. The van der Waals surface area contributed by atoms with Crippen LogP contribution in [0.4, 0.5) is 0 Å². The van der Waals surface area contributed by atoms with E-state index in [9.17, 15) is 9.59 Å². The average molecular weight is 240 g/mol. The molecule has 0 fully saturated rings. The van der Waals surface area contributed by atoms with Crippen molar-refractivity contribution in [2.24, 2.45) is 5.84 Å². The lowest BCUT2D eigenvalue weighted by Crippen LogP contribution is -2.29. The summed E-state index contributed by atoms with van der Waals surface area (Å²) in [5, 5.41) is 0. The fourth-order valence-electron chi connectivity index (χ4n) is 0.990. The van der Waals surface area contributed by atoms with E-state index in [0.29, 0.717) is 4.88 Å². The molecule has 1 heterocycles. The Morgan fingerprint density at radius 3 is 2.94 bits per heavy atom. The van der Waals surface area contributed by atoms with Crippen LogP contribution in [-0.4, -0.2) is 19.0 Å². The second-order valence-electron chi connectivity index (χ2n) is 2.86. The maximum atomic E-state index is 11.1. The van der Waals surface area contributed by atoms with Gasteiger partial charge in [0.1, 0.15) is 0 Å². The molecule has 1 aromatic rings. The van der Waals surface area contributed by atoms with Gasteiger partial charge in [0.15, 0.2) is 0 Å². The van der Waals surface area contributed by atoms with Crippen molar-refractivity contribution >= 4 is 29.3 Å². The SMILES string of the molecule is COC(=O)CC=Cc1ccc(C(=O)NN)s1. The van der Waals surface area contributed by atoms with Crippen LogP contribution in [0.15, 0.2) is 18.2 Å². The molecule has 0 saturated heterocycles. The Balaban J connectivity index is 2.58. The molecular weight excluding hydrogens is 228 g/mol. The van der Waals surface area contributed by atoms with Gasteiger partial charge >= 0.3 is 5.97 Å². The molecule has 0 aromatic carbocycles. The van der Waals surface area contributed by atoms with Gasteiger partial charge in [-0.2, -0.15) is 0 Å². The van der Waals surface area contributed by atoms with Crippen molar-refractivity contribution in [2.75, 3.05) is 7.11 Å². The van der Waals surface area contributed by atoms with Gasteiger partial charge in [0.2, 0.25) is 0 Å². The van der Waals surface area contributed by atoms with Crippen molar-refractivity contribution in [3.05, 3.63) is 28.0 Å². The van der Waals surface area contributed by atoms with Gasteiger partial charge in [0.05, 0.1) is 18.4 Å². The van der Waals surface area contributed by atoms with Crippen LogP contribution in [0.5, 0.6) is 0 Å². The first-order valence-corrected chi connectivity index (χ1v) is 5.33. The fourth-order valence-corrected chi connectivity index (χ4v) is 1.83. The zero-order valence-electron chi connectivity index (χ0n) is 8.73. The molecule has 0 atom stereocenters. The number of esters is 1. The van der Waals surface area contributed by atoms with E-state index in [1.807, 2.05) is 0 Å². The summed E-state index contributed by atoms with van der Waals surface area (Å²) in [6.45, 7) is 0. The Hall–Kier alpha value is -1.66. The van der Waals surface area contributed by atoms with Crippen LogP contribution in [-0.2, 0) is 9.53 Å². The Labute approximate surface area is 96.9 Å². The molecule has 0 spiro atoms. The highest BCUT2D eigenvalue weighted by Gasteiger charge is 2.05. The summed E-state index contributed by atoms with van der Waals surface area (Å²) in [5.41, 5.74) is 2.05. The summed E-state index contributed by atoms with van der Waals surface area (Å²) in [5.74, 6) is 4.38. The monoisotopic (exact) mass is 240 g/mol. The molecule has 0 aliphatic heterocycles. The third-order valence-electron chi connectivity index (χ3n) is 1.78. The third-order valence-corrected chi connectivity index (χ3v) is 2.83. The fraction of sp³-hybridized carbons (Fsp3) is 0.200. The molecule has 0 aliphatic rings. The molecule has 1 amide bonds. The number of nitrogens with two attached hydrogens (primary N) is 1. The number of rotatable bonds is 4. The predicted octanol–water partition coefficient (Wildman–Crippen LogP) is 0.928. The van der Waals surface area contributed by atoms with Crippen molar-refractivity contribution < 1.29 is 14.3 Å². The predicted molar refractivity (Wildman–Crippen MR) is 61.6 cm³/mol. The zero-order chi connectivity index (χ0) is 12.0. The number of hydrogen-bond donors (Lipinski definition) is 2. The highest BCUT2D eigenvalue weighted by molar-refractivity contribution is 7.14. The lowest BCUT2D eigenvalue weighted by molar-refractivity contribution is -0.139. The number of carbonyl (C=O) groups is 2. The van der Waals surface area contributed by atoms with Gasteiger partial charge in [-0.15, -0.1) is 11.3 Å². The summed E-state index contributed by atoms with van der Waals surface area (Å²) in [6.07, 6.45) is 3.66. The van der Waals surface area contributed by atoms with Crippen LogP contribution in [0, 0.1) is 0 Å². The number of nitrogens with one attached hydrogen (secondary N) is 1. The van der Waals surface area contributed by atoms with Crippen molar-refractivity contribution in [3.8, 4) is 0 Å². The third kappa shape index (κ3) is 3.48. The van der Waals surface area contributed by atoms with E-state index in [1.54, 1.807) is 24.3 Å². The largest absolute Gasteiger partial charge is 0.469 e. The molecule has 1 rings (SSSR count). The van der Waals surface area contributed by atoms with Gasteiger partial charge in [-0.25, -0.2) is 5.84 Å². The Morgan fingerprint density at radius 2 is 2.31 bits per heavy atom. The molecule has 0 radical (unpaired) electrons. The zero-order valence-corrected chi connectivity index (χ0v) is 9.54. The van der Waals surface area contributed by atoms with Crippen LogP contribution in [0.1, 0.15) is 21.0 Å². The quantitative estimate of drug-likeness (QED) is 0.355. The normalized spacial score (nSPS) is 10.4. The highest BCUT2D eigenvalue weighted by Crippen LogP contribution is 2.17. The Kier molecular flexibility index (Phi) is 4.68. The molecular formula is C10H12N2O3S. The molecule has 1 aromatic heterocycles. The summed E-state index contributed by atoms with van der Waals surface area (Å²) >= 11 is 1.29. The smallest absolute Gasteiger partial charge is 0.309 e. The van der Waals surface area contributed by atoms with E-state index in [2.05, 4.69) is 10.2 Å². The summed E-state index contributed by atoms with van der Waals surface area (Å²) < 4.78 is 4.48. The molecule has 16 heavy (non-hydrogen) atoms. The maximum Gasteiger partial charge on any atom is 0.309 e. The first-order valence-electron chi connectivity index (χ1n) is 4.51. The topological polar surface area (TPSA) is 81.4 Å². The minimum atomic E-state index is -0.322. The number of ether oxygens (including phenoxy) is 1. The van der Waals surface area contributed by atoms with Crippen molar-refractivity contribution in [2.45, 2.75) is 6.42 Å². The van der Waals surface area contributed by atoms with Gasteiger partial charge in [-0.05, 0) is 18.2 Å². The molecule has 0 saturated carbocycles. The standard InChI is InChI=1S/C10H12N2O3S/c1-15-9(13)4-2-3-7-5-6-8(16-7)10(14)12-11/h2-3,5-6H,4,11H2,1H3,(H,12,14). The molecule has 0 unspecified atom stereocenters. The van der Waals surface area contributed by atoms with Crippen LogP contribution >= 0.6 is 11.3 Å². The number of thiophene rings is 1. The number of carbonyl (C=O) groups excluding carboxylic acids is 2. The minimum absolute atomic E-state index is 0.215. The van der Waals surface area contributed by atoms with Gasteiger partial charge in [0, 0.05) is 4.88 Å². The van der Waals surface area contributed by atoms with E-state index >= 15 is 0 Å². The van der Waals surface area contributed by atoms with E-state index in [1.165, 1.54) is 18.4 Å². The number of nitrogen functional groups attached to an aromatic ring is 1. The summed E-state index contributed by atoms with van der Waals surface area (Å²) in [6, 6.07) is 3.45. The van der Waals surface area contributed by atoms with Gasteiger partial charge in [0.25, 0.3) is 5.91 Å². The van der Waals surface area contributed by atoms with E-state index in [4.69, 9.17) is 5.84 Å². The van der Waals surface area contributed by atoms with Crippen molar-refractivity contribution in [1.29, 1.82) is 0 Å². The lowest BCUT2D eigenvalue weighted by atomic mass is 10.3. The molecule has 86 valence electrons. The van der Waals surface area contributed by atoms with Crippen LogP contribution in [0.25, 0.3) is 6.08 Å². The molecule has 0 bridgehead atoms. The first-order chi connectivity index (χ1) is 7.67. The second kappa shape index (κ2) is 6.04. The van der Waals surface area contributed by atoms with Gasteiger partial charge in [-0.1, -0.05) is 6.08 Å². The second-order valence-corrected chi connectivity index (χ2v) is 3.97. The van der Waals surface area contributed by atoms with E-state index in [-0.39, 0.29) is 18.3 Å². The lowest BCUT2D eigenvalue weighted by Gasteiger charge is -1.92. The van der Waals surface area contributed by atoms with Crippen molar-refractivity contribution in [1.82, 2.24) is 5.43 Å². The number of amides is 1. The molecule has 3 N–H and O–H groups in total. The summed E-state index contributed by atoms with van der Waals surface area (Å²) in [7, 11) is 1.34. The van der Waals surface area contributed by atoms with Gasteiger partial charge in [-0.3, -0.25) is 15.0 Å². The van der Waals surface area contributed by atoms with E-state index in [0.717, 1.165) is 4.88 Å². The molecule has 0 aliphatic carbocycles. The molecule has 6 heteroatoms. The minimum Gasteiger partial charge on any atom is -0.469 e. The molecule has 5 nitrogen and oxygen atoms in total. The van der Waals surface area contributed by atoms with Gasteiger partial charge < -0.3 is 4.74 Å². The maximum absolute atomic E-state index is 11.1. The number of methoxy groups -OCH3 is 1. The van der Waals surface area contributed by atoms with Crippen LogP contribution in [0.3, 0.4) is 0 Å². The average Bonchev–Trinajstić information content (AvgIpc) is 2.76. The summed E-state index contributed by atoms with van der Waals surface area (Å²) in [4.78, 5) is 23.3. The van der Waals surface area contributed by atoms with Crippen molar-refractivity contribution in [3.63, 3.8) is 0 Å². The Morgan fingerprint density at radius 1 is 1.56 bits per heavy atom. The number of hydrogen-bond acceptors (Lipinski definition) is 5. The highest BCUT2D eigenvalue weighted by atomic mass is 32.1. The van der Waals surface area contributed by atoms with E-state index < -0.39 is 0 Å². The number of hydrazine groups is 1. The van der Waals surface area contributed by atoms with Crippen LogP contribution < -0.4 is 11.3 Å². The first kappa shape index (κ1) is 12.4.